The number of hydrogen-bond acceptors (Lipinski definition) is 3. The first-order valence-corrected chi connectivity index (χ1v) is 8.77. The standard InChI is InChI=1S/C15H22N2O3S/c1-15(2)13(9-14(15)18)16-21(19,20)17-8-7-11-5-3-4-6-12(11)10-17/h3-6,13-14,16,18H,7-10H2,1-2H3. The fourth-order valence-electron chi connectivity index (χ4n) is 3.03. The van der Waals surface area contributed by atoms with E-state index in [-0.39, 0.29) is 6.04 Å². The molecule has 2 unspecified atom stereocenters. The highest BCUT2D eigenvalue weighted by Crippen LogP contribution is 2.41. The van der Waals surface area contributed by atoms with Gasteiger partial charge in [0.1, 0.15) is 0 Å². The second kappa shape index (κ2) is 5.05. The molecule has 1 fully saturated rings. The van der Waals surface area contributed by atoms with Crippen molar-refractivity contribution in [2.45, 2.75) is 45.4 Å². The third-order valence-electron chi connectivity index (χ3n) is 4.94. The summed E-state index contributed by atoms with van der Waals surface area (Å²) in [5.41, 5.74) is 1.89. The Labute approximate surface area is 126 Å². The number of nitrogens with one attached hydrogen (secondary N) is 1. The Morgan fingerprint density at radius 3 is 2.57 bits per heavy atom. The molecule has 0 radical (unpaired) electrons. The molecule has 0 aromatic heterocycles. The van der Waals surface area contributed by atoms with Crippen LogP contribution in [0.15, 0.2) is 24.3 Å². The Morgan fingerprint density at radius 1 is 1.29 bits per heavy atom. The Kier molecular flexibility index (Phi) is 3.60. The molecule has 21 heavy (non-hydrogen) atoms. The number of benzene rings is 1. The van der Waals surface area contributed by atoms with Crippen LogP contribution in [-0.4, -0.2) is 36.5 Å². The SMILES string of the molecule is CC1(C)C(O)CC1NS(=O)(=O)N1CCc2ccccc2C1. The molecule has 1 aromatic carbocycles. The lowest BCUT2D eigenvalue weighted by Crippen LogP contribution is -2.63. The quantitative estimate of drug-likeness (QED) is 0.876. The van der Waals surface area contributed by atoms with Crippen molar-refractivity contribution in [3.63, 3.8) is 0 Å². The van der Waals surface area contributed by atoms with Gasteiger partial charge in [0.2, 0.25) is 0 Å². The van der Waals surface area contributed by atoms with Crippen LogP contribution in [0, 0.1) is 5.41 Å². The minimum Gasteiger partial charge on any atom is -0.392 e. The van der Waals surface area contributed by atoms with E-state index in [1.165, 1.54) is 9.87 Å². The zero-order valence-electron chi connectivity index (χ0n) is 12.4. The van der Waals surface area contributed by atoms with Gasteiger partial charge in [-0.25, -0.2) is 0 Å². The Morgan fingerprint density at radius 2 is 1.95 bits per heavy atom. The van der Waals surface area contributed by atoms with Crippen LogP contribution in [0.2, 0.25) is 0 Å². The van der Waals surface area contributed by atoms with Gasteiger partial charge in [0.05, 0.1) is 6.10 Å². The van der Waals surface area contributed by atoms with Crippen LogP contribution in [0.5, 0.6) is 0 Å². The van der Waals surface area contributed by atoms with E-state index >= 15 is 0 Å². The first-order chi connectivity index (χ1) is 9.80. The van der Waals surface area contributed by atoms with Gasteiger partial charge in [0.15, 0.2) is 0 Å². The smallest absolute Gasteiger partial charge is 0.280 e. The predicted molar refractivity (Wildman–Crippen MR) is 80.8 cm³/mol. The van der Waals surface area contributed by atoms with Gasteiger partial charge in [-0.05, 0) is 24.0 Å². The number of fused-ring (bicyclic) bond motifs is 1. The van der Waals surface area contributed by atoms with Crippen molar-refractivity contribution in [1.29, 1.82) is 0 Å². The minimum absolute atomic E-state index is 0.199. The normalized spacial score (nSPS) is 28.7. The van der Waals surface area contributed by atoms with Crippen molar-refractivity contribution in [2.24, 2.45) is 5.41 Å². The maximum atomic E-state index is 12.5. The van der Waals surface area contributed by atoms with Crippen LogP contribution in [0.25, 0.3) is 0 Å². The van der Waals surface area contributed by atoms with Gasteiger partial charge in [-0.2, -0.15) is 17.4 Å². The van der Waals surface area contributed by atoms with E-state index in [9.17, 15) is 13.5 Å². The third-order valence-corrected chi connectivity index (χ3v) is 6.52. The van der Waals surface area contributed by atoms with Crippen molar-refractivity contribution >= 4 is 10.2 Å². The molecule has 116 valence electrons. The summed E-state index contributed by atoms with van der Waals surface area (Å²) in [5.74, 6) is 0. The molecule has 0 spiro atoms. The summed E-state index contributed by atoms with van der Waals surface area (Å²) in [7, 11) is -3.51. The van der Waals surface area contributed by atoms with E-state index in [1.54, 1.807) is 0 Å². The molecule has 1 saturated carbocycles. The maximum Gasteiger partial charge on any atom is 0.280 e. The van der Waals surface area contributed by atoms with Gasteiger partial charge in [0.25, 0.3) is 10.2 Å². The Bertz CT molecular complexity index is 642. The third kappa shape index (κ3) is 2.61. The summed E-state index contributed by atoms with van der Waals surface area (Å²) >= 11 is 0. The lowest BCUT2D eigenvalue weighted by molar-refractivity contribution is -0.0649. The lowest BCUT2D eigenvalue weighted by atomic mass is 9.65. The van der Waals surface area contributed by atoms with Crippen molar-refractivity contribution < 1.29 is 13.5 Å². The first kappa shape index (κ1) is 15.0. The van der Waals surface area contributed by atoms with Gasteiger partial charge in [-0.3, -0.25) is 0 Å². The van der Waals surface area contributed by atoms with Crippen molar-refractivity contribution in [2.75, 3.05) is 6.54 Å². The molecule has 2 aliphatic rings. The molecule has 1 aliphatic heterocycles. The summed E-state index contributed by atoms with van der Waals surface area (Å²) in [6, 6.07) is 7.76. The second-order valence-corrected chi connectivity index (χ2v) is 8.30. The Hall–Kier alpha value is -0.950. The fourth-order valence-corrected chi connectivity index (χ4v) is 4.58. The molecule has 2 atom stereocenters. The van der Waals surface area contributed by atoms with E-state index < -0.39 is 21.7 Å². The van der Waals surface area contributed by atoms with Crippen molar-refractivity contribution in [3.8, 4) is 0 Å². The van der Waals surface area contributed by atoms with Crippen molar-refractivity contribution in [1.82, 2.24) is 9.03 Å². The molecule has 1 aliphatic carbocycles. The number of aliphatic hydroxyl groups is 1. The van der Waals surface area contributed by atoms with Crippen LogP contribution in [0.3, 0.4) is 0 Å². The average molecular weight is 310 g/mol. The van der Waals surface area contributed by atoms with Crippen LogP contribution in [-0.2, 0) is 23.2 Å². The molecule has 1 heterocycles. The number of nitrogens with zero attached hydrogens (tertiary/aromatic N) is 1. The zero-order valence-corrected chi connectivity index (χ0v) is 13.2. The van der Waals surface area contributed by atoms with Gasteiger partial charge < -0.3 is 5.11 Å². The van der Waals surface area contributed by atoms with Gasteiger partial charge in [-0.1, -0.05) is 38.1 Å². The summed E-state index contributed by atoms with van der Waals surface area (Å²) in [4.78, 5) is 0. The number of rotatable bonds is 3. The maximum absolute atomic E-state index is 12.5. The molecule has 0 saturated heterocycles. The highest BCUT2D eigenvalue weighted by atomic mass is 32.2. The zero-order chi connectivity index (χ0) is 15.3. The van der Waals surface area contributed by atoms with Crippen molar-refractivity contribution in [3.05, 3.63) is 35.4 Å². The fraction of sp³-hybridized carbons (Fsp3) is 0.600. The monoisotopic (exact) mass is 310 g/mol. The van der Waals surface area contributed by atoms with E-state index in [0.29, 0.717) is 19.5 Å². The van der Waals surface area contributed by atoms with E-state index in [4.69, 9.17) is 0 Å². The highest BCUT2D eigenvalue weighted by molar-refractivity contribution is 7.87. The largest absolute Gasteiger partial charge is 0.392 e. The first-order valence-electron chi connectivity index (χ1n) is 7.33. The summed E-state index contributed by atoms with van der Waals surface area (Å²) in [6.07, 6.45) is 0.789. The summed E-state index contributed by atoms with van der Waals surface area (Å²) in [6.45, 7) is 4.70. The van der Waals surface area contributed by atoms with Gasteiger partial charge in [0, 0.05) is 24.5 Å². The molecular formula is C15H22N2O3S. The number of aliphatic hydroxyl groups excluding tert-OH is 1. The van der Waals surface area contributed by atoms with E-state index in [2.05, 4.69) is 10.8 Å². The Balaban J connectivity index is 1.72. The van der Waals surface area contributed by atoms with Gasteiger partial charge >= 0.3 is 0 Å². The lowest BCUT2D eigenvalue weighted by Gasteiger charge is -2.49. The summed E-state index contributed by atoms with van der Waals surface area (Å²) in [5, 5.41) is 9.74. The highest BCUT2D eigenvalue weighted by Gasteiger charge is 2.49. The topological polar surface area (TPSA) is 69.6 Å². The second-order valence-electron chi connectivity index (χ2n) is 6.60. The van der Waals surface area contributed by atoms with Crippen LogP contribution in [0.1, 0.15) is 31.4 Å². The average Bonchev–Trinajstić information content (AvgIpc) is 2.46. The molecule has 0 amide bonds. The molecule has 1 aromatic rings. The molecule has 2 N–H and O–H groups in total. The van der Waals surface area contributed by atoms with Crippen LogP contribution < -0.4 is 4.72 Å². The van der Waals surface area contributed by atoms with Gasteiger partial charge in [-0.15, -0.1) is 0 Å². The molecule has 6 heteroatoms. The number of hydrogen-bond donors (Lipinski definition) is 2. The van der Waals surface area contributed by atoms with Crippen LogP contribution in [0.4, 0.5) is 0 Å². The predicted octanol–water partition coefficient (Wildman–Crippen LogP) is 1.04. The molecule has 5 nitrogen and oxygen atoms in total. The summed E-state index contributed by atoms with van der Waals surface area (Å²) < 4.78 is 29.3. The molecule has 3 rings (SSSR count). The van der Waals surface area contributed by atoms with Crippen LogP contribution >= 0.6 is 0 Å². The van der Waals surface area contributed by atoms with E-state index in [1.807, 2.05) is 32.0 Å². The molecular weight excluding hydrogens is 288 g/mol. The van der Waals surface area contributed by atoms with E-state index in [0.717, 1.165) is 12.0 Å². The molecule has 0 bridgehead atoms. The minimum atomic E-state index is -3.51.